The van der Waals surface area contributed by atoms with Gasteiger partial charge in [-0.1, -0.05) is 23.2 Å². The topological polar surface area (TPSA) is 42.2 Å². The molecule has 1 aromatic carbocycles. The Hall–Kier alpha value is -0.720. The summed E-state index contributed by atoms with van der Waals surface area (Å²) in [5, 5.41) is 10.0. The van der Waals surface area contributed by atoms with E-state index >= 15 is 0 Å². The number of carboxylic acids is 1. The number of hydrogen-bond acceptors (Lipinski definition) is 1. The molecule has 17 heavy (non-hydrogen) atoms. The zero-order chi connectivity index (χ0) is 12.6. The van der Waals surface area contributed by atoms with Crippen molar-refractivity contribution in [3.63, 3.8) is 0 Å². The van der Waals surface area contributed by atoms with Crippen LogP contribution < -0.4 is 0 Å². The lowest BCUT2D eigenvalue weighted by Gasteiger charge is -2.07. The minimum atomic E-state index is -0.996. The van der Waals surface area contributed by atoms with E-state index in [0.29, 0.717) is 15.7 Å². The number of benzene rings is 1. The Labute approximate surface area is 121 Å². The summed E-state index contributed by atoms with van der Waals surface area (Å²) in [5.74, 6) is -0.996. The van der Waals surface area contributed by atoms with E-state index < -0.39 is 5.97 Å². The second-order valence-corrected chi connectivity index (χ2v) is 5.46. The van der Waals surface area contributed by atoms with Gasteiger partial charge < -0.3 is 9.67 Å². The van der Waals surface area contributed by atoms with E-state index in [4.69, 9.17) is 28.3 Å². The summed E-state index contributed by atoms with van der Waals surface area (Å²) in [6.45, 7) is 0. The highest BCUT2D eigenvalue weighted by atomic mass is 127. The van der Waals surface area contributed by atoms with Crippen LogP contribution in [-0.2, 0) is 0 Å². The van der Waals surface area contributed by atoms with Crippen LogP contribution in [0.5, 0.6) is 0 Å². The minimum Gasteiger partial charge on any atom is -0.477 e. The predicted octanol–water partition coefficient (Wildman–Crippen LogP) is 4.09. The molecular weight excluding hydrogens is 376 g/mol. The zero-order valence-electron chi connectivity index (χ0n) is 8.32. The number of halogens is 3. The average Bonchev–Trinajstić information content (AvgIpc) is 2.59. The van der Waals surface area contributed by atoms with E-state index in [1.165, 1.54) is 0 Å². The molecule has 0 atom stereocenters. The molecule has 2 aromatic rings. The number of carboxylic acid groups (broad SMARTS) is 1. The van der Waals surface area contributed by atoms with Gasteiger partial charge in [-0.15, -0.1) is 0 Å². The van der Waals surface area contributed by atoms with Crippen molar-refractivity contribution in [3.8, 4) is 5.69 Å². The summed E-state index contributed by atoms with van der Waals surface area (Å²) < 4.78 is 2.37. The Kier molecular flexibility index (Phi) is 3.65. The summed E-state index contributed by atoms with van der Waals surface area (Å²) in [6.07, 6.45) is 1.71. The number of aromatic nitrogens is 1. The number of aromatic carboxylic acids is 1. The molecule has 0 saturated heterocycles. The highest BCUT2D eigenvalue weighted by molar-refractivity contribution is 14.1. The molecule has 0 fully saturated rings. The second-order valence-electron chi connectivity index (χ2n) is 3.35. The van der Waals surface area contributed by atoms with Crippen molar-refractivity contribution in [2.45, 2.75) is 0 Å². The molecule has 0 unspecified atom stereocenters. The largest absolute Gasteiger partial charge is 0.477 e. The summed E-state index contributed by atoms with van der Waals surface area (Å²) in [4.78, 5) is 11.1. The van der Waals surface area contributed by atoms with Crippen molar-refractivity contribution >= 4 is 51.8 Å². The molecule has 88 valence electrons. The van der Waals surface area contributed by atoms with Gasteiger partial charge in [-0.3, -0.25) is 0 Å². The van der Waals surface area contributed by atoms with Crippen LogP contribution in [0.2, 0.25) is 10.0 Å². The van der Waals surface area contributed by atoms with Gasteiger partial charge in [-0.05, 0) is 46.9 Å². The first kappa shape index (κ1) is 12.7. The first-order valence-corrected chi connectivity index (χ1v) is 6.38. The fourth-order valence-electron chi connectivity index (χ4n) is 1.49. The quantitative estimate of drug-likeness (QED) is 0.796. The summed E-state index contributed by atoms with van der Waals surface area (Å²) in [5.41, 5.74) is 0.801. The SMILES string of the molecule is O=C(O)c1cc(I)cn1-c1cc(Cl)cc(Cl)c1. The van der Waals surface area contributed by atoms with Crippen molar-refractivity contribution < 1.29 is 9.90 Å². The minimum absolute atomic E-state index is 0.174. The van der Waals surface area contributed by atoms with Gasteiger partial charge in [-0.25, -0.2) is 4.79 Å². The van der Waals surface area contributed by atoms with Crippen molar-refractivity contribution in [1.82, 2.24) is 4.57 Å². The van der Waals surface area contributed by atoms with Crippen molar-refractivity contribution in [2.75, 3.05) is 0 Å². The molecule has 3 nitrogen and oxygen atoms in total. The highest BCUT2D eigenvalue weighted by Gasteiger charge is 2.13. The van der Waals surface area contributed by atoms with Crippen molar-refractivity contribution in [3.05, 3.63) is 49.8 Å². The van der Waals surface area contributed by atoms with Crippen LogP contribution in [0.15, 0.2) is 30.5 Å². The van der Waals surface area contributed by atoms with Gasteiger partial charge in [0.15, 0.2) is 0 Å². The van der Waals surface area contributed by atoms with Crippen molar-refractivity contribution in [1.29, 1.82) is 0 Å². The van der Waals surface area contributed by atoms with Gasteiger partial charge in [0, 0.05) is 25.5 Å². The third-order valence-electron chi connectivity index (χ3n) is 2.13. The number of carbonyl (C=O) groups is 1. The standard InChI is InChI=1S/C11H6Cl2INO2/c12-6-1-7(13)3-9(2-6)15-5-8(14)4-10(15)11(16)17/h1-5H,(H,16,17). The van der Waals surface area contributed by atoms with E-state index in [9.17, 15) is 4.79 Å². The summed E-state index contributed by atoms with van der Waals surface area (Å²) >= 11 is 13.8. The molecule has 0 aliphatic rings. The van der Waals surface area contributed by atoms with Crippen LogP contribution in [0.25, 0.3) is 5.69 Å². The molecule has 0 spiro atoms. The molecule has 0 saturated carbocycles. The highest BCUT2D eigenvalue weighted by Crippen LogP contribution is 2.24. The van der Waals surface area contributed by atoms with Gasteiger partial charge in [0.1, 0.15) is 5.69 Å². The van der Waals surface area contributed by atoms with Gasteiger partial charge in [0.25, 0.3) is 0 Å². The van der Waals surface area contributed by atoms with Crippen LogP contribution in [0.3, 0.4) is 0 Å². The molecule has 0 aliphatic heterocycles. The maximum absolute atomic E-state index is 11.1. The lowest BCUT2D eigenvalue weighted by Crippen LogP contribution is -2.05. The predicted molar refractivity (Wildman–Crippen MR) is 75.5 cm³/mol. The average molecular weight is 382 g/mol. The third-order valence-corrected chi connectivity index (χ3v) is 3.16. The fourth-order valence-corrected chi connectivity index (χ4v) is 2.58. The first-order valence-electron chi connectivity index (χ1n) is 4.55. The Morgan fingerprint density at radius 2 is 1.76 bits per heavy atom. The number of nitrogens with zero attached hydrogens (tertiary/aromatic N) is 1. The monoisotopic (exact) mass is 381 g/mol. The van der Waals surface area contributed by atoms with Crippen LogP contribution in [0.1, 0.15) is 10.5 Å². The smallest absolute Gasteiger partial charge is 0.352 e. The van der Waals surface area contributed by atoms with Crippen LogP contribution >= 0.6 is 45.8 Å². The third kappa shape index (κ3) is 2.75. The first-order chi connectivity index (χ1) is 7.97. The summed E-state index contributed by atoms with van der Waals surface area (Å²) in [7, 11) is 0. The molecule has 1 aromatic heterocycles. The molecule has 0 radical (unpaired) electrons. The van der Waals surface area contributed by atoms with E-state index in [1.54, 1.807) is 35.0 Å². The van der Waals surface area contributed by atoms with Crippen LogP contribution in [0.4, 0.5) is 0 Å². The maximum Gasteiger partial charge on any atom is 0.352 e. The van der Waals surface area contributed by atoms with Gasteiger partial charge in [-0.2, -0.15) is 0 Å². The maximum atomic E-state index is 11.1. The van der Waals surface area contributed by atoms with Crippen LogP contribution in [-0.4, -0.2) is 15.6 Å². The molecular formula is C11H6Cl2INO2. The van der Waals surface area contributed by atoms with Gasteiger partial charge >= 0.3 is 5.97 Å². The van der Waals surface area contributed by atoms with E-state index in [0.717, 1.165) is 3.57 Å². The van der Waals surface area contributed by atoms with Gasteiger partial charge in [0.2, 0.25) is 0 Å². The molecule has 2 rings (SSSR count). The number of hydrogen-bond donors (Lipinski definition) is 1. The fraction of sp³-hybridized carbons (Fsp3) is 0. The lowest BCUT2D eigenvalue weighted by atomic mass is 10.3. The van der Waals surface area contributed by atoms with E-state index in [-0.39, 0.29) is 5.69 Å². The summed E-state index contributed by atoms with van der Waals surface area (Å²) in [6, 6.07) is 6.51. The van der Waals surface area contributed by atoms with E-state index in [1.807, 2.05) is 0 Å². The van der Waals surface area contributed by atoms with Crippen molar-refractivity contribution in [2.24, 2.45) is 0 Å². The molecule has 0 bridgehead atoms. The molecule has 0 aliphatic carbocycles. The Morgan fingerprint density at radius 1 is 1.18 bits per heavy atom. The molecule has 6 heteroatoms. The molecule has 1 N–H and O–H groups in total. The second kappa shape index (κ2) is 4.88. The van der Waals surface area contributed by atoms with Crippen LogP contribution in [0, 0.1) is 3.57 Å². The molecule has 1 heterocycles. The zero-order valence-corrected chi connectivity index (χ0v) is 12.0. The molecule has 0 amide bonds. The lowest BCUT2D eigenvalue weighted by molar-refractivity contribution is 0.0688. The van der Waals surface area contributed by atoms with Gasteiger partial charge in [0.05, 0.1) is 0 Å². The Morgan fingerprint density at radius 3 is 2.29 bits per heavy atom. The normalized spacial score (nSPS) is 10.5. The van der Waals surface area contributed by atoms with E-state index in [2.05, 4.69) is 22.6 Å². The Bertz CT molecular complexity index is 575. The Balaban J connectivity index is 2.63. The number of rotatable bonds is 2.